The van der Waals surface area contributed by atoms with E-state index in [1.54, 1.807) is 0 Å². The largest absolute Gasteiger partial charge is 0.507 e. The van der Waals surface area contributed by atoms with Crippen LogP contribution < -0.4 is 10.6 Å². The summed E-state index contributed by atoms with van der Waals surface area (Å²) in [5.74, 6) is 0.394. The lowest BCUT2D eigenvalue weighted by Gasteiger charge is -2.12. The number of phenols is 1. The Balaban J connectivity index is 1.96. The number of aliphatic imine (C=N–C) groups is 1. The van der Waals surface area contributed by atoms with Gasteiger partial charge in [0.1, 0.15) is 5.75 Å². The molecule has 0 saturated carbocycles. The topological polar surface area (TPSA) is 32.6 Å². The third-order valence-electron chi connectivity index (χ3n) is 3.91. The van der Waals surface area contributed by atoms with Gasteiger partial charge >= 0.3 is 0 Å². The van der Waals surface area contributed by atoms with Crippen molar-refractivity contribution in [2.45, 2.75) is 13.8 Å². The third-order valence-corrected chi connectivity index (χ3v) is 5.52. The first-order valence-electron chi connectivity index (χ1n) is 7.89. The summed E-state index contributed by atoms with van der Waals surface area (Å²) in [6.45, 7) is 4.04. The average Bonchev–Trinajstić information content (AvgIpc) is 2.60. The second kappa shape index (κ2) is 7.42. The Labute approximate surface area is 144 Å². The number of hydrogen-bond donors (Lipinski definition) is 1. The number of aryl methyl sites for hydroxylation is 2. The molecule has 0 aliphatic rings. The number of benzene rings is 3. The van der Waals surface area contributed by atoms with Crippen molar-refractivity contribution < 1.29 is 5.11 Å². The van der Waals surface area contributed by atoms with Crippen LogP contribution in [0, 0.1) is 13.8 Å². The molecule has 1 atom stereocenters. The fraction of sp³-hybridized carbons (Fsp3) is 0.0952. The van der Waals surface area contributed by atoms with Crippen molar-refractivity contribution in [3.8, 4) is 5.75 Å². The summed E-state index contributed by atoms with van der Waals surface area (Å²) in [5.41, 5.74) is 4.16. The van der Waals surface area contributed by atoms with Gasteiger partial charge in [0.15, 0.2) is 0 Å². The molecule has 0 aromatic heterocycles. The van der Waals surface area contributed by atoms with Gasteiger partial charge in [-0.1, -0.05) is 63.2 Å². The Bertz CT molecular complexity index is 872. The van der Waals surface area contributed by atoms with E-state index in [-0.39, 0.29) is 0 Å². The van der Waals surface area contributed by atoms with Crippen LogP contribution in [-0.4, -0.2) is 11.3 Å². The fourth-order valence-electron chi connectivity index (χ4n) is 2.52. The Morgan fingerprint density at radius 2 is 1.54 bits per heavy atom. The van der Waals surface area contributed by atoms with E-state index in [1.807, 2.05) is 67.7 Å². The van der Waals surface area contributed by atoms with Crippen molar-refractivity contribution in [3.05, 3.63) is 83.4 Å². The van der Waals surface area contributed by atoms with E-state index in [1.165, 1.54) is 10.9 Å². The lowest BCUT2D eigenvalue weighted by molar-refractivity contribution is 0.475. The van der Waals surface area contributed by atoms with Gasteiger partial charge in [-0.25, -0.2) is 0 Å². The molecule has 3 aromatic carbocycles. The zero-order chi connectivity index (χ0) is 16.9. The molecule has 120 valence electrons. The summed E-state index contributed by atoms with van der Waals surface area (Å²) in [6, 6.07) is 22.1. The van der Waals surface area contributed by atoms with E-state index in [9.17, 15) is 5.11 Å². The van der Waals surface area contributed by atoms with Crippen LogP contribution in [0.4, 0.5) is 5.69 Å². The van der Waals surface area contributed by atoms with Crippen LogP contribution in [0.3, 0.4) is 0 Å². The van der Waals surface area contributed by atoms with E-state index in [2.05, 4.69) is 24.0 Å². The molecule has 0 aliphatic heterocycles. The molecular formula is C21H20NOP. The molecule has 0 aliphatic carbocycles. The Kier molecular flexibility index (Phi) is 5.08. The van der Waals surface area contributed by atoms with Gasteiger partial charge < -0.3 is 5.11 Å². The molecule has 0 saturated heterocycles. The molecule has 3 aromatic rings. The monoisotopic (exact) mass is 333 g/mol. The lowest BCUT2D eigenvalue weighted by Crippen LogP contribution is -2.12. The molecule has 0 amide bonds. The van der Waals surface area contributed by atoms with Crippen LogP contribution in [0.15, 0.2) is 71.7 Å². The second-order valence-corrected chi connectivity index (χ2v) is 7.02. The van der Waals surface area contributed by atoms with Crippen molar-refractivity contribution >= 4 is 31.1 Å². The molecule has 0 fully saturated rings. The fourth-order valence-corrected chi connectivity index (χ4v) is 3.86. The molecule has 1 N–H and O–H groups in total. The summed E-state index contributed by atoms with van der Waals surface area (Å²) in [5, 5.41) is 12.5. The highest BCUT2D eigenvalue weighted by molar-refractivity contribution is 7.56. The number of aromatic hydroxyl groups is 1. The van der Waals surface area contributed by atoms with Crippen LogP contribution in [0.25, 0.3) is 0 Å². The summed E-state index contributed by atoms with van der Waals surface area (Å²) in [4.78, 5) is 4.58. The van der Waals surface area contributed by atoms with Gasteiger partial charge in [0, 0.05) is 17.1 Å². The minimum Gasteiger partial charge on any atom is -0.507 e. The first-order chi connectivity index (χ1) is 11.6. The van der Waals surface area contributed by atoms with Crippen molar-refractivity contribution in [2.24, 2.45) is 4.99 Å². The van der Waals surface area contributed by atoms with Gasteiger partial charge in [0.2, 0.25) is 0 Å². The van der Waals surface area contributed by atoms with Crippen LogP contribution in [-0.2, 0) is 0 Å². The molecule has 3 heteroatoms. The van der Waals surface area contributed by atoms with E-state index >= 15 is 0 Å². The molecule has 3 rings (SSSR count). The summed E-state index contributed by atoms with van der Waals surface area (Å²) in [6.07, 6.45) is 1.91. The standard InChI is InChI=1S/C21H20NOP/c1-15-8-7-13-19(20(15)23)24-21-16(2)9-6-10-17(21)14-22-18-11-4-3-5-12-18/h3-14,23-24H,1-2H3/b22-14+. The van der Waals surface area contributed by atoms with Gasteiger partial charge in [-0.15, -0.1) is 0 Å². The van der Waals surface area contributed by atoms with E-state index < -0.39 is 0 Å². The zero-order valence-electron chi connectivity index (χ0n) is 13.8. The minimum absolute atomic E-state index is 0.394. The van der Waals surface area contributed by atoms with Crippen LogP contribution in [0.1, 0.15) is 16.7 Å². The second-order valence-electron chi connectivity index (χ2n) is 5.73. The van der Waals surface area contributed by atoms with Crippen molar-refractivity contribution in [1.82, 2.24) is 0 Å². The quantitative estimate of drug-likeness (QED) is 0.557. The molecule has 0 spiro atoms. The summed E-state index contributed by atoms with van der Waals surface area (Å²) in [7, 11) is 0.396. The number of rotatable bonds is 4. The predicted octanol–water partition coefficient (Wildman–Crippen LogP) is 4.39. The van der Waals surface area contributed by atoms with E-state index in [0.29, 0.717) is 14.3 Å². The van der Waals surface area contributed by atoms with Crippen LogP contribution in [0.2, 0.25) is 0 Å². The molecule has 24 heavy (non-hydrogen) atoms. The Hall–Kier alpha value is -2.44. The van der Waals surface area contributed by atoms with Crippen LogP contribution in [0.5, 0.6) is 5.75 Å². The smallest absolute Gasteiger partial charge is 0.126 e. The van der Waals surface area contributed by atoms with Gasteiger partial charge in [-0.2, -0.15) is 0 Å². The van der Waals surface area contributed by atoms with Gasteiger partial charge in [0.25, 0.3) is 0 Å². The lowest BCUT2D eigenvalue weighted by atomic mass is 10.1. The SMILES string of the molecule is Cc1cccc(Pc2c(C)cccc2/C=N/c2ccccc2)c1O. The molecular weight excluding hydrogens is 313 g/mol. The Morgan fingerprint density at radius 1 is 0.833 bits per heavy atom. The number of nitrogens with zero attached hydrogens (tertiary/aromatic N) is 1. The maximum atomic E-state index is 10.3. The van der Waals surface area contributed by atoms with Gasteiger partial charge in [-0.05, 0) is 42.4 Å². The van der Waals surface area contributed by atoms with E-state index in [0.717, 1.165) is 22.1 Å². The van der Waals surface area contributed by atoms with Crippen molar-refractivity contribution in [2.75, 3.05) is 0 Å². The van der Waals surface area contributed by atoms with Crippen LogP contribution >= 0.6 is 8.58 Å². The first kappa shape index (κ1) is 16.4. The molecule has 0 bridgehead atoms. The minimum atomic E-state index is 0.394. The highest BCUT2D eigenvalue weighted by Crippen LogP contribution is 2.24. The zero-order valence-corrected chi connectivity index (χ0v) is 14.8. The van der Waals surface area contributed by atoms with Crippen molar-refractivity contribution in [3.63, 3.8) is 0 Å². The average molecular weight is 333 g/mol. The maximum absolute atomic E-state index is 10.3. The predicted molar refractivity (Wildman–Crippen MR) is 105 cm³/mol. The molecule has 2 nitrogen and oxygen atoms in total. The number of para-hydroxylation sites is 2. The maximum Gasteiger partial charge on any atom is 0.126 e. The van der Waals surface area contributed by atoms with Gasteiger partial charge in [0.05, 0.1) is 5.69 Å². The molecule has 0 radical (unpaired) electrons. The number of phenolic OH excluding ortho intramolecular Hbond substituents is 1. The molecule has 0 heterocycles. The third kappa shape index (κ3) is 3.72. The molecule has 1 unspecified atom stereocenters. The summed E-state index contributed by atoms with van der Waals surface area (Å²) < 4.78 is 0. The highest BCUT2D eigenvalue weighted by atomic mass is 31.1. The van der Waals surface area contributed by atoms with Crippen molar-refractivity contribution in [1.29, 1.82) is 0 Å². The number of hydrogen-bond acceptors (Lipinski definition) is 2. The van der Waals surface area contributed by atoms with Gasteiger partial charge in [-0.3, -0.25) is 4.99 Å². The first-order valence-corrected chi connectivity index (χ1v) is 8.89. The summed E-state index contributed by atoms with van der Waals surface area (Å²) >= 11 is 0. The Morgan fingerprint density at radius 3 is 2.33 bits per heavy atom. The highest BCUT2D eigenvalue weighted by Gasteiger charge is 2.09. The normalized spacial score (nSPS) is 11.6. The van der Waals surface area contributed by atoms with E-state index in [4.69, 9.17) is 0 Å².